The van der Waals surface area contributed by atoms with Crippen LogP contribution in [0.2, 0.25) is 0 Å². The zero-order valence-corrected chi connectivity index (χ0v) is 15.3. The van der Waals surface area contributed by atoms with Crippen LogP contribution in [0, 0.1) is 17.3 Å². The highest BCUT2D eigenvalue weighted by molar-refractivity contribution is 5.84. The minimum Gasteiger partial charge on any atom is -0.465 e. The summed E-state index contributed by atoms with van der Waals surface area (Å²) < 4.78 is 10.4. The highest BCUT2D eigenvalue weighted by atomic mass is 16.5. The van der Waals surface area contributed by atoms with E-state index in [0.717, 1.165) is 19.3 Å². The van der Waals surface area contributed by atoms with Crippen molar-refractivity contribution in [3.05, 3.63) is 24.8 Å². The molecule has 0 aliphatic rings. The Kier molecular flexibility index (Phi) is 10.3. The van der Waals surface area contributed by atoms with Crippen LogP contribution in [0.4, 0.5) is 0 Å². The molecule has 0 aliphatic heterocycles. The van der Waals surface area contributed by atoms with Gasteiger partial charge >= 0.3 is 11.9 Å². The van der Waals surface area contributed by atoms with Crippen molar-refractivity contribution in [3.63, 3.8) is 0 Å². The lowest BCUT2D eigenvalue weighted by Gasteiger charge is -2.20. The smallest absolute Gasteiger partial charge is 0.313 e. The Morgan fingerprint density at radius 3 is 1.87 bits per heavy atom. The molecule has 0 N–H and O–H groups in total. The number of rotatable bonds is 10. The summed E-state index contributed by atoms with van der Waals surface area (Å²) in [6.45, 7) is 14.6. The van der Waals surface area contributed by atoms with Gasteiger partial charge in [0.15, 0.2) is 0 Å². The first-order valence-electron chi connectivity index (χ1n) is 8.39. The molecule has 23 heavy (non-hydrogen) atoms. The summed E-state index contributed by atoms with van der Waals surface area (Å²) in [7, 11) is 0. The normalized spacial score (nSPS) is 14.3. The van der Waals surface area contributed by atoms with Gasteiger partial charge in [0.25, 0.3) is 0 Å². The topological polar surface area (TPSA) is 52.6 Å². The van der Waals surface area contributed by atoms with Crippen LogP contribution in [0.25, 0.3) is 0 Å². The SMILES string of the molecule is C=C[C@H](C(=O)OCCC)[C@@H](/C=C\CC(C)(C)C)C(=O)OCCC. The summed E-state index contributed by atoms with van der Waals surface area (Å²) in [5.41, 5.74) is 0.112. The summed E-state index contributed by atoms with van der Waals surface area (Å²) in [4.78, 5) is 24.5. The van der Waals surface area contributed by atoms with Gasteiger partial charge in [-0.2, -0.15) is 0 Å². The average Bonchev–Trinajstić information content (AvgIpc) is 2.48. The predicted octanol–water partition coefficient (Wildman–Crippen LogP) is 4.30. The second kappa shape index (κ2) is 11.0. The molecule has 0 spiro atoms. The minimum atomic E-state index is -0.720. The fraction of sp³-hybridized carbons (Fsp3) is 0.684. The van der Waals surface area contributed by atoms with Crippen molar-refractivity contribution in [2.24, 2.45) is 17.3 Å². The number of hydrogen-bond donors (Lipinski definition) is 0. The molecule has 132 valence electrons. The molecule has 0 saturated heterocycles. The first-order valence-corrected chi connectivity index (χ1v) is 8.39. The minimum absolute atomic E-state index is 0.112. The van der Waals surface area contributed by atoms with Crippen molar-refractivity contribution in [1.29, 1.82) is 0 Å². The predicted molar refractivity (Wildman–Crippen MR) is 92.9 cm³/mol. The molecule has 0 fully saturated rings. The Morgan fingerprint density at radius 2 is 1.48 bits per heavy atom. The highest BCUT2D eigenvalue weighted by Gasteiger charge is 2.32. The van der Waals surface area contributed by atoms with E-state index in [-0.39, 0.29) is 5.41 Å². The quantitative estimate of drug-likeness (QED) is 0.444. The molecule has 4 heteroatoms. The maximum absolute atomic E-state index is 12.3. The van der Waals surface area contributed by atoms with Crippen LogP contribution in [-0.2, 0) is 19.1 Å². The first kappa shape index (κ1) is 21.4. The van der Waals surface area contributed by atoms with E-state index in [9.17, 15) is 9.59 Å². The molecule has 0 aromatic carbocycles. The third-order valence-corrected chi connectivity index (χ3v) is 3.16. The summed E-state index contributed by atoms with van der Waals surface area (Å²) in [5.74, 6) is -2.25. The monoisotopic (exact) mass is 324 g/mol. The molecule has 0 aromatic rings. The van der Waals surface area contributed by atoms with Crippen molar-refractivity contribution in [1.82, 2.24) is 0 Å². The van der Waals surface area contributed by atoms with Crippen LogP contribution in [0.5, 0.6) is 0 Å². The van der Waals surface area contributed by atoms with Crippen molar-refractivity contribution in [2.45, 2.75) is 53.9 Å². The molecule has 0 unspecified atom stereocenters. The molecular formula is C19H32O4. The van der Waals surface area contributed by atoms with E-state index in [1.165, 1.54) is 6.08 Å². The van der Waals surface area contributed by atoms with Crippen LogP contribution in [0.1, 0.15) is 53.9 Å². The molecular weight excluding hydrogens is 292 g/mol. The van der Waals surface area contributed by atoms with Gasteiger partial charge in [0.05, 0.1) is 25.0 Å². The van der Waals surface area contributed by atoms with Gasteiger partial charge in [-0.15, -0.1) is 6.58 Å². The number of ether oxygens (including phenoxy) is 2. The largest absolute Gasteiger partial charge is 0.465 e. The van der Waals surface area contributed by atoms with Gasteiger partial charge in [-0.1, -0.05) is 52.8 Å². The van der Waals surface area contributed by atoms with Crippen molar-refractivity contribution in [3.8, 4) is 0 Å². The summed E-state index contributed by atoms with van der Waals surface area (Å²) in [6, 6.07) is 0. The molecule has 0 aliphatic carbocycles. The molecule has 0 bridgehead atoms. The van der Waals surface area contributed by atoms with Crippen LogP contribution in [-0.4, -0.2) is 25.2 Å². The fourth-order valence-electron chi connectivity index (χ4n) is 1.90. The second-order valence-electron chi connectivity index (χ2n) is 6.82. The Bertz CT molecular complexity index is 404. The first-order chi connectivity index (χ1) is 10.8. The maximum Gasteiger partial charge on any atom is 0.313 e. The number of allylic oxidation sites excluding steroid dienone is 1. The van der Waals surface area contributed by atoms with E-state index < -0.39 is 23.8 Å². The average molecular weight is 324 g/mol. The van der Waals surface area contributed by atoms with Crippen LogP contribution in [0.15, 0.2) is 24.8 Å². The third kappa shape index (κ3) is 9.22. The Labute approximate surface area is 140 Å². The Balaban J connectivity index is 5.16. The number of carbonyl (C=O) groups is 2. The molecule has 0 aromatic heterocycles. The lowest BCUT2D eigenvalue weighted by molar-refractivity contribution is -0.157. The molecule has 4 nitrogen and oxygen atoms in total. The van der Waals surface area contributed by atoms with Gasteiger partial charge in [0.1, 0.15) is 0 Å². The molecule has 0 rings (SSSR count). The summed E-state index contributed by atoms with van der Waals surface area (Å²) in [6.07, 6.45) is 7.43. The molecule has 0 amide bonds. The molecule has 2 atom stereocenters. The van der Waals surface area contributed by atoms with Gasteiger partial charge in [-0.3, -0.25) is 9.59 Å². The van der Waals surface area contributed by atoms with Crippen LogP contribution in [0.3, 0.4) is 0 Å². The number of hydrogen-bond acceptors (Lipinski definition) is 4. The Hall–Kier alpha value is -1.58. The fourth-order valence-corrected chi connectivity index (χ4v) is 1.90. The van der Waals surface area contributed by atoms with E-state index in [0.29, 0.717) is 13.2 Å². The second-order valence-corrected chi connectivity index (χ2v) is 6.82. The number of carbonyl (C=O) groups excluding carboxylic acids is 2. The zero-order chi connectivity index (χ0) is 17.9. The third-order valence-electron chi connectivity index (χ3n) is 3.16. The van der Waals surface area contributed by atoms with Crippen LogP contribution < -0.4 is 0 Å². The Morgan fingerprint density at radius 1 is 1.00 bits per heavy atom. The molecule has 0 saturated carbocycles. The van der Waals surface area contributed by atoms with E-state index in [4.69, 9.17) is 9.47 Å². The van der Waals surface area contributed by atoms with Crippen molar-refractivity contribution in [2.75, 3.05) is 13.2 Å². The molecule has 0 radical (unpaired) electrons. The van der Waals surface area contributed by atoms with E-state index >= 15 is 0 Å². The number of esters is 2. The summed E-state index contributed by atoms with van der Waals surface area (Å²) in [5, 5.41) is 0. The van der Waals surface area contributed by atoms with Crippen molar-refractivity contribution < 1.29 is 19.1 Å². The standard InChI is InChI=1S/C19H32O4/c1-7-13-22-17(20)15(9-3)16(18(21)23-14-8-2)11-10-12-19(4,5)6/h9-11,15-16H,3,7-8,12-14H2,1-2,4-6H3/b11-10-/t15-,16+/m0/s1. The van der Waals surface area contributed by atoms with E-state index in [2.05, 4.69) is 27.4 Å². The van der Waals surface area contributed by atoms with Gasteiger partial charge in [-0.25, -0.2) is 0 Å². The highest BCUT2D eigenvalue weighted by Crippen LogP contribution is 2.23. The lowest BCUT2D eigenvalue weighted by Crippen LogP contribution is -2.30. The van der Waals surface area contributed by atoms with E-state index in [1.807, 2.05) is 19.9 Å². The summed E-state index contributed by atoms with van der Waals surface area (Å²) >= 11 is 0. The maximum atomic E-state index is 12.3. The van der Waals surface area contributed by atoms with Gasteiger partial charge in [-0.05, 0) is 24.7 Å². The van der Waals surface area contributed by atoms with Gasteiger partial charge in [0.2, 0.25) is 0 Å². The van der Waals surface area contributed by atoms with Gasteiger partial charge in [0, 0.05) is 0 Å². The van der Waals surface area contributed by atoms with Crippen LogP contribution >= 0.6 is 0 Å². The van der Waals surface area contributed by atoms with Crippen molar-refractivity contribution >= 4 is 11.9 Å². The zero-order valence-electron chi connectivity index (χ0n) is 15.3. The van der Waals surface area contributed by atoms with E-state index in [1.54, 1.807) is 6.08 Å². The lowest BCUT2D eigenvalue weighted by atomic mass is 9.88. The molecule has 0 heterocycles. The van der Waals surface area contributed by atoms with Gasteiger partial charge < -0.3 is 9.47 Å².